The van der Waals surface area contributed by atoms with Gasteiger partial charge in [0.2, 0.25) is 10.0 Å². The highest BCUT2D eigenvalue weighted by Gasteiger charge is 2.29. The summed E-state index contributed by atoms with van der Waals surface area (Å²) in [6, 6.07) is 12.3. The van der Waals surface area contributed by atoms with Gasteiger partial charge in [-0.2, -0.15) is 4.31 Å². The molecule has 1 aliphatic heterocycles. The largest absolute Gasteiger partial charge is 0.508 e. The summed E-state index contributed by atoms with van der Waals surface area (Å²) >= 11 is 0. The van der Waals surface area contributed by atoms with Crippen LogP contribution in [0, 0.1) is 5.92 Å². The first-order valence-corrected chi connectivity index (χ1v) is 15.2. The number of carbonyl (C=O) groups is 1. The van der Waals surface area contributed by atoms with E-state index in [1.54, 1.807) is 24.3 Å². The van der Waals surface area contributed by atoms with E-state index in [0.29, 0.717) is 50.1 Å². The molecule has 0 unspecified atom stereocenters. The summed E-state index contributed by atoms with van der Waals surface area (Å²) < 4.78 is 33.3. The van der Waals surface area contributed by atoms with Crippen LogP contribution in [-0.4, -0.2) is 74.4 Å². The first-order chi connectivity index (χ1) is 18.8. The minimum absolute atomic E-state index is 0.131. The monoisotopic (exact) mass is 562 g/mol. The van der Waals surface area contributed by atoms with E-state index in [1.807, 2.05) is 0 Å². The maximum absolute atomic E-state index is 13.1. The minimum atomic E-state index is -3.61. The molecule has 0 radical (unpaired) electrons. The van der Waals surface area contributed by atoms with E-state index in [9.17, 15) is 23.4 Å². The van der Waals surface area contributed by atoms with Gasteiger partial charge in [0.25, 0.3) is 0 Å². The Hall–Kier alpha value is -2.86. The molecule has 1 fully saturated rings. The number of aliphatic hydroxyl groups excluding tert-OH is 1. The number of urea groups is 1. The molecule has 2 aromatic carbocycles. The molecule has 5 N–H and O–H groups in total. The number of phenolic OH excluding ortho intramolecular Hbond substituents is 1. The number of rotatable bonds is 15. The molecule has 0 spiro atoms. The van der Waals surface area contributed by atoms with Gasteiger partial charge in [-0.05, 0) is 80.3 Å². The molecule has 2 aromatic rings. The van der Waals surface area contributed by atoms with Crippen LogP contribution < -0.4 is 20.7 Å². The quantitative estimate of drug-likeness (QED) is 0.209. The lowest BCUT2D eigenvalue weighted by Crippen LogP contribution is -2.42. The first-order valence-electron chi connectivity index (χ1n) is 13.7. The van der Waals surface area contributed by atoms with Crippen molar-refractivity contribution in [3.63, 3.8) is 0 Å². The van der Waals surface area contributed by atoms with E-state index in [4.69, 9.17) is 4.74 Å². The number of amides is 2. The smallest absolute Gasteiger partial charge is 0.319 e. The van der Waals surface area contributed by atoms with Crippen LogP contribution in [0.25, 0.3) is 0 Å². The van der Waals surface area contributed by atoms with E-state index in [2.05, 4.69) is 22.9 Å². The maximum Gasteiger partial charge on any atom is 0.319 e. The Balaban J connectivity index is 1.35. The second kappa shape index (κ2) is 15.7. The number of anilines is 1. The third kappa shape index (κ3) is 10.3. The lowest BCUT2D eigenvalue weighted by atomic mass is 9.98. The molecule has 0 saturated carbocycles. The number of aromatic hydroxyl groups is 1. The SMILES string of the molecule is CCCCCCNC(=O)Nc1ccc(S(=O)(=O)N2CCC(CNC[C@H](O)COc3ccc(O)cc3)CC2)cc1. The summed E-state index contributed by atoms with van der Waals surface area (Å²) in [6.45, 7) is 4.80. The van der Waals surface area contributed by atoms with Gasteiger partial charge in [0.15, 0.2) is 0 Å². The Kier molecular flexibility index (Phi) is 12.3. The van der Waals surface area contributed by atoms with Crippen LogP contribution in [0.5, 0.6) is 11.5 Å². The fraction of sp³-hybridized carbons (Fsp3) is 0.536. The predicted octanol–water partition coefficient (Wildman–Crippen LogP) is 3.52. The minimum Gasteiger partial charge on any atom is -0.508 e. The van der Waals surface area contributed by atoms with Crippen LogP contribution in [0.3, 0.4) is 0 Å². The number of nitrogens with zero attached hydrogens (tertiary/aromatic N) is 1. The summed E-state index contributed by atoms with van der Waals surface area (Å²) in [4.78, 5) is 12.2. The zero-order chi connectivity index (χ0) is 28.1. The molecule has 39 heavy (non-hydrogen) atoms. The number of benzene rings is 2. The summed E-state index contributed by atoms with van der Waals surface area (Å²) in [5.41, 5.74) is 0.542. The topological polar surface area (TPSA) is 140 Å². The van der Waals surface area contributed by atoms with Crippen molar-refractivity contribution in [2.24, 2.45) is 5.92 Å². The number of ether oxygens (including phenoxy) is 1. The van der Waals surface area contributed by atoms with Gasteiger partial charge < -0.3 is 30.9 Å². The average molecular weight is 563 g/mol. The Morgan fingerprint density at radius 2 is 1.74 bits per heavy atom. The summed E-state index contributed by atoms with van der Waals surface area (Å²) in [5.74, 6) is 1.04. The van der Waals surface area contributed by atoms with E-state index < -0.39 is 16.1 Å². The fourth-order valence-corrected chi connectivity index (χ4v) is 5.86. The molecule has 216 valence electrons. The number of hydrogen-bond acceptors (Lipinski definition) is 7. The summed E-state index contributed by atoms with van der Waals surface area (Å²) in [5, 5.41) is 28.3. The van der Waals surface area contributed by atoms with Crippen LogP contribution in [0.1, 0.15) is 45.4 Å². The molecular formula is C28H42N4O6S. The molecule has 2 amide bonds. The van der Waals surface area contributed by atoms with Crippen LogP contribution in [0.15, 0.2) is 53.4 Å². The molecule has 0 aromatic heterocycles. The lowest BCUT2D eigenvalue weighted by molar-refractivity contribution is 0.104. The number of carbonyl (C=O) groups excluding carboxylic acids is 1. The van der Waals surface area contributed by atoms with E-state index in [1.165, 1.54) is 28.6 Å². The summed E-state index contributed by atoms with van der Waals surface area (Å²) in [7, 11) is -3.61. The Morgan fingerprint density at radius 3 is 2.41 bits per heavy atom. The zero-order valence-corrected chi connectivity index (χ0v) is 23.5. The van der Waals surface area contributed by atoms with Gasteiger partial charge in [-0.1, -0.05) is 26.2 Å². The molecular weight excluding hydrogens is 520 g/mol. The Labute approximate surface area is 231 Å². The standard InChI is InChI=1S/C28H42N4O6S/c1-2-3-4-5-16-30-28(35)31-23-6-12-27(13-7-23)39(36,37)32-17-14-22(15-18-32)19-29-20-25(34)21-38-26-10-8-24(33)9-11-26/h6-13,22,25,29,33-34H,2-5,14-21H2,1H3,(H2,30,31,35)/t25-/m0/s1. The van der Waals surface area contributed by atoms with Gasteiger partial charge in [-0.25, -0.2) is 13.2 Å². The zero-order valence-electron chi connectivity index (χ0n) is 22.6. The Morgan fingerprint density at radius 1 is 1.05 bits per heavy atom. The number of aliphatic hydroxyl groups is 1. The number of hydrogen-bond donors (Lipinski definition) is 5. The molecule has 10 nitrogen and oxygen atoms in total. The molecule has 1 aliphatic rings. The van der Waals surface area contributed by atoms with Crippen molar-refractivity contribution in [2.75, 3.05) is 44.6 Å². The first kappa shape index (κ1) is 30.7. The normalized spacial score (nSPS) is 15.5. The number of unbranched alkanes of at least 4 members (excludes halogenated alkanes) is 3. The molecule has 1 atom stereocenters. The molecule has 3 rings (SSSR count). The summed E-state index contributed by atoms with van der Waals surface area (Å²) in [6.07, 6.45) is 5.08. The van der Waals surface area contributed by atoms with Gasteiger partial charge in [0, 0.05) is 31.9 Å². The third-order valence-electron chi connectivity index (χ3n) is 6.73. The average Bonchev–Trinajstić information content (AvgIpc) is 2.93. The van der Waals surface area contributed by atoms with Crippen molar-refractivity contribution in [3.8, 4) is 11.5 Å². The van der Waals surface area contributed by atoms with Gasteiger partial charge in [0.1, 0.15) is 24.2 Å². The molecule has 11 heteroatoms. The highest BCUT2D eigenvalue weighted by molar-refractivity contribution is 7.89. The maximum atomic E-state index is 13.1. The van der Waals surface area contributed by atoms with Crippen molar-refractivity contribution in [1.82, 2.24) is 14.9 Å². The van der Waals surface area contributed by atoms with Crippen molar-refractivity contribution in [1.29, 1.82) is 0 Å². The number of sulfonamides is 1. The van der Waals surface area contributed by atoms with Gasteiger partial charge in [-0.3, -0.25) is 0 Å². The van der Waals surface area contributed by atoms with Gasteiger partial charge >= 0.3 is 6.03 Å². The number of nitrogens with one attached hydrogen (secondary N) is 3. The predicted molar refractivity (Wildman–Crippen MR) is 152 cm³/mol. The van der Waals surface area contributed by atoms with Gasteiger partial charge in [0.05, 0.1) is 4.90 Å². The lowest BCUT2D eigenvalue weighted by Gasteiger charge is -2.31. The highest BCUT2D eigenvalue weighted by atomic mass is 32.2. The number of piperidine rings is 1. The second-order valence-electron chi connectivity index (χ2n) is 9.93. The van der Waals surface area contributed by atoms with E-state index in [0.717, 1.165) is 38.5 Å². The van der Waals surface area contributed by atoms with Crippen molar-refractivity contribution >= 4 is 21.7 Å². The van der Waals surface area contributed by atoms with E-state index in [-0.39, 0.29) is 23.3 Å². The van der Waals surface area contributed by atoms with Crippen molar-refractivity contribution in [2.45, 2.75) is 56.4 Å². The van der Waals surface area contributed by atoms with Crippen LogP contribution in [0.4, 0.5) is 10.5 Å². The third-order valence-corrected chi connectivity index (χ3v) is 8.64. The molecule has 0 aliphatic carbocycles. The highest BCUT2D eigenvalue weighted by Crippen LogP contribution is 2.24. The van der Waals surface area contributed by atoms with Gasteiger partial charge in [-0.15, -0.1) is 0 Å². The number of phenols is 1. The fourth-order valence-electron chi connectivity index (χ4n) is 4.39. The van der Waals surface area contributed by atoms with Crippen molar-refractivity contribution < 1.29 is 28.2 Å². The van der Waals surface area contributed by atoms with Crippen molar-refractivity contribution in [3.05, 3.63) is 48.5 Å². The van der Waals surface area contributed by atoms with Crippen LogP contribution >= 0.6 is 0 Å². The van der Waals surface area contributed by atoms with Crippen LogP contribution in [0.2, 0.25) is 0 Å². The van der Waals surface area contributed by atoms with Crippen LogP contribution in [-0.2, 0) is 10.0 Å². The molecule has 1 heterocycles. The Bertz CT molecular complexity index is 1100. The van der Waals surface area contributed by atoms with E-state index >= 15 is 0 Å². The molecule has 0 bridgehead atoms. The second-order valence-corrected chi connectivity index (χ2v) is 11.9. The molecule has 1 saturated heterocycles.